The van der Waals surface area contributed by atoms with Gasteiger partial charge in [0.15, 0.2) is 0 Å². The lowest BCUT2D eigenvalue weighted by Crippen LogP contribution is -2.38. The van der Waals surface area contributed by atoms with Crippen molar-refractivity contribution in [1.82, 2.24) is 4.90 Å². The number of nitrogens with zero attached hydrogens (tertiary/aromatic N) is 1. The number of hydrogen-bond acceptors (Lipinski definition) is 4. The molecule has 5 N–H and O–H groups in total. The van der Waals surface area contributed by atoms with Gasteiger partial charge in [-0.15, -0.1) is 0 Å². The lowest BCUT2D eigenvalue weighted by molar-refractivity contribution is 0.0693. The van der Waals surface area contributed by atoms with Crippen molar-refractivity contribution in [2.75, 3.05) is 24.6 Å². The van der Waals surface area contributed by atoms with Crippen LogP contribution in [0.25, 0.3) is 0 Å². The molecule has 1 amide bonds. The molecule has 0 aliphatic heterocycles. The number of amides is 1. The summed E-state index contributed by atoms with van der Waals surface area (Å²) in [5.41, 5.74) is 12.8. The number of anilines is 2. The number of hydrogen-bond donors (Lipinski definition) is 3. The molecule has 0 saturated carbocycles. The van der Waals surface area contributed by atoms with E-state index in [0.717, 1.165) is 0 Å². The van der Waals surface area contributed by atoms with Crippen LogP contribution in [0.1, 0.15) is 30.6 Å². The molecule has 0 heterocycles. The molecular weight excluding hydrogens is 230 g/mol. The Bertz CT molecular complexity index is 398. The Balaban J connectivity index is 2.94. The van der Waals surface area contributed by atoms with E-state index < -0.39 is 0 Å². The van der Waals surface area contributed by atoms with Crippen molar-refractivity contribution in [3.05, 3.63) is 23.8 Å². The van der Waals surface area contributed by atoms with Gasteiger partial charge in [-0.1, -0.05) is 0 Å². The fourth-order valence-corrected chi connectivity index (χ4v) is 1.80. The van der Waals surface area contributed by atoms with Crippen LogP contribution in [0.4, 0.5) is 11.4 Å². The highest BCUT2D eigenvalue weighted by atomic mass is 16.3. The fraction of sp³-hybridized carbons (Fsp3) is 0.462. The lowest BCUT2D eigenvalue weighted by atomic mass is 10.1. The Hall–Kier alpha value is -1.75. The Morgan fingerprint density at radius 3 is 2.28 bits per heavy atom. The van der Waals surface area contributed by atoms with Crippen LogP contribution in [0.2, 0.25) is 0 Å². The Kier molecular flexibility index (Phi) is 4.97. The highest BCUT2D eigenvalue weighted by Crippen LogP contribution is 2.16. The maximum absolute atomic E-state index is 12.3. The molecule has 0 spiro atoms. The molecule has 0 bridgehead atoms. The van der Waals surface area contributed by atoms with Gasteiger partial charge >= 0.3 is 0 Å². The summed E-state index contributed by atoms with van der Waals surface area (Å²) in [5, 5.41) is 8.86. The average molecular weight is 251 g/mol. The maximum Gasteiger partial charge on any atom is 0.254 e. The van der Waals surface area contributed by atoms with Gasteiger partial charge in [0.1, 0.15) is 0 Å². The smallest absolute Gasteiger partial charge is 0.254 e. The van der Waals surface area contributed by atoms with Gasteiger partial charge in [-0.3, -0.25) is 4.79 Å². The fourth-order valence-electron chi connectivity index (χ4n) is 1.80. The zero-order valence-corrected chi connectivity index (χ0v) is 10.9. The Morgan fingerprint density at radius 1 is 1.28 bits per heavy atom. The first kappa shape index (κ1) is 14.3. The van der Waals surface area contributed by atoms with Gasteiger partial charge in [0.25, 0.3) is 5.91 Å². The monoisotopic (exact) mass is 251 g/mol. The molecule has 1 aromatic carbocycles. The second-order valence-electron chi connectivity index (χ2n) is 4.56. The zero-order chi connectivity index (χ0) is 13.7. The predicted octanol–water partition coefficient (Wildman–Crippen LogP) is 1.08. The number of carbonyl (C=O) groups excluding carboxylic acids is 1. The predicted molar refractivity (Wildman–Crippen MR) is 73.1 cm³/mol. The minimum absolute atomic E-state index is 0.0618. The van der Waals surface area contributed by atoms with Crippen LogP contribution in [-0.4, -0.2) is 35.1 Å². The van der Waals surface area contributed by atoms with E-state index in [9.17, 15) is 4.79 Å². The molecule has 0 atom stereocenters. The Labute approximate surface area is 107 Å². The van der Waals surface area contributed by atoms with Gasteiger partial charge in [0, 0.05) is 36.1 Å². The van der Waals surface area contributed by atoms with Gasteiger partial charge < -0.3 is 21.5 Å². The number of nitrogens with two attached hydrogens (primary N) is 2. The summed E-state index contributed by atoms with van der Waals surface area (Å²) in [6.07, 6.45) is 0.557. The van der Waals surface area contributed by atoms with Crippen LogP contribution in [0, 0.1) is 0 Å². The van der Waals surface area contributed by atoms with Gasteiger partial charge in [-0.2, -0.15) is 0 Å². The quantitative estimate of drug-likeness (QED) is 0.683. The van der Waals surface area contributed by atoms with Gasteiger partial charge in [-0.05, 0) is 38.5 Å². The van der Waals surface area contributed by atoms with Crippen LogP contribution < -0.4 is 11.5 Å². The third-order valence-corrected chi connectivity index (χ3v) is 2.67. The van der Waals surface area contributed by atoms with E-state index >= 15 is 0 Å². The molecule has 5 heteroatoms. The molecule has 1 rings (SSSR count). The number of aliphatic hydroxyl groups is 1. The first-order valence-electron chi connectivity index (χ1n) is 6.03. The van der Waals surface area contributed by atoms with Crippen molar-refractivity contribution in [1.29, 1.82) is 0 Å². The highest BCUT2D eigenvalue weighted by molar-refractivity contribution is 5.96. The van der Waals surface area contributed by atoms with Crippen molar-refractivity contribution in [2.45, 2.75) is 26.3 Å². The van der Waals surface area contributed by atoms with Gasteiger partial charge in [-0.25, -0.2) is 0 Å². The largest absolute Gasteiger partial charge is 0.399 e. The summed E-state index contributed by atoms with van der Waals surface area (Å²) in [6, 6.07) is 4.91. The second kappa shape index (κ2) is 6.26. The van der Waals surface area contributed by atoms with Crippen molar-refractivity contribution in [3.63, 3.8) is 0 Å². The molecule has 0 unspecified atom stereocenters. The van der Waals surface area contributed by atoms with Gasteiger partial charge in [0.2, 0.25) is 0 Å². The lowest BCUT2D eigenvalue weighted by Gasteiger charge is -2.26. The summed E-state index contributed by atoms with van der Waals surface area (Å²) >= 11 is 0. The summed E-state index contributed by atoms with van der Waals surface area (Å²) in [6.45, 7) is 4.45. The summed E-state index contributed by atoms with van der Waals surface area (Å²) in [7, 11) is 0. The summed E-state index contributed by atoms with van der Waals surface area (Å²) < 4.78 is 0. The number of benzene rings is 1. The van der Waals surface area contributed by atoms with Crippen molar-refractivity contribution in [2.24, 2.45) is 0 Å². The van der Waals surface area contributed by atoms with Crippen molar-refractivity contribution < 1.29 is 9.90 Å². The molecule has 5 nitrogen and oxygen atoms in total. The van der Waals surface area contributed by atoms with E-state index in [2.05, 4.69) is 0 Å². The molecule has 100 valence electrons. The molecule has 0 aliphatic carbocycles. The first-order valence-corrected chi connectivity index (χ1v) is 6.03. The van der Waals surface area contributed by atoms with E-state index in [4.69, 9.17) is 16.6 Å². The van der Waals surface area contributed by atoms with E-state index in [-0.39, 0.29) is 18.6 Å². The topological polar surface area (TPSA) is 92.6 Å². The summed E-state index contributed by atoms with van der Waals surface area (Å²) in [5.74, 6) is -0.113. The molecule has 0 fully saturated rings. The van der Waals surface area contributed by atoms with Crippen LogP contribution in [-0.2, 0) is 0 Å². The normalized spacial score (nSPS) is 10.7. The molecule has 0 radical (unpaired) electrons. The minimum atomic E-state index is -0.113. The number of aliphatic hydroxyl groups excluding tert-OH is 1. The first-order chi connectivity index (χ1) is 8.45. The van der Waals surface area contributed by atoms with E-state index in [1.165, 1.54) is 0 Å². The third kappa shape index (κ3) is 3.63. The van der Waals surface area contributed by atoms with E-state index in [1.807, 2.05) is 13.8 Å². The molecular formula is C13H21N3O2. The van der Waals surface area contributed by atoms with Crippen molar-refractivity contribution >= 4 is 17.3 Å². The number of carbonyl (C=O) groups is 1. The third-order valence-electron chi connectivity index (χ3n) is 2.67. The SMILES string of the molecule is CC(C)N(CCCO)C(=O)c1cc(N)cc(N)c1. The van der Waals surface area contributed by atoms with Crippen LogP contribution in [0.3, 0.4) is 0 Å². The number of nitrogen functional groups attached to an aromatic ring is 2. The van der Waals surface area contributed by atoms with Crippen molar-refractivity contribution in [3.8, 4) is 0 Å². The van der Waals surface area contributed by atoms with E-state index in [0.29, 0.717) is 29.9 Å². The van der Waals surface area contributed by atoms with Crippen LogP contribution >= 0.6 is 0 Å². The van der Waals surface area contributed by atoms with Crippen LogP contribution in [0.5, 0.6) is 0 Å². The molecule has 1 aromatic rings. The maximum atomic E-state index is 12.3. The molecule has 0 saturated heterocycles. The molecule has 0 aliphatic rings. The molecule has 18 heavy (non-hydrogen) atoms. The zero-order valence-electron chi connectivity index (χ0n) is 10.9. The highest BCUT2D eigenvalue weighted by Gasteiger charge is 2.18. The summed E-state index contributed by atoms with van der Waals surface area (Å²) in [4.78, 5) is 14.0. The average Bonchev–Trinajstić information content (AvgIpc) is 2.27. The minimum Gasteiger partial charge on any atom is -0.399 e. The van der Waals surface area contributed by atoms with Crippen LogP contribution in [0.15, 0.2) is 18.2 Å². The molecule has 0 aromatic heterocycles. The Morgan fingerprint density at radius 2 is 1.83 bits per heavy atom. The number of rotatable bonds is 5. The van der Waals surface area contributed by atoms with E-state index in [1.54, 1.807) is 23.1 Å². The standard InChI is InChI=1S/C13H21N3O2/c1-9(2)16(4-3-5-17)13(18)10-6-11(14)8-12(15)7-10/h6-9,17H,3-5,14-15H2,1-2H3. The second-order valence-corrected chi connectivity index (χ2v) is 4.56. The van der Waals surface area contributed by atoms with Gasteiger partial charge in [0.05, 0.1) is 0 Å².